The summed E-state index contributed by atoms with van der Waals surface area (Å²) in [6.07, 6.45) is 0.350. The summed E-state index contributed by atoms with van der Waals surface area (Å²) in [6, 6.07) is 7.29. The molecule has 0 aliphatic heterocycles. The first kappa shape index (κ1) is 26.2. The average Bonchev–Trinajstić information content (AvgIpc) is 3.23. The standard InChI is InChI=1S/C24H24ClFN4O7/c1-34-17-6-3-5-15(26)13(17)12-37-19-10-16(14(25)9-18(19)36-8-4-7-31)30-22-21(29-24(30)33)23(35-2)28-20(11-32)27-22/h3,5-6,9-10,31-32H,4,7-8,11-12H2,1-2H3,(H,29,33). The molecular weight excluding hydrogens is 511 g/mol. The van der Waals surface area contributed by atoms with Gasteiger partial charge in [0.25, 0.3) is 0 Å². The van der Waals surface area contributed by atoms with Crippen molar-refractivity contribution in [2.45, 2.75) is 19.6 Å². The summed E-state index contributed by atoms with van der Waals surface area (Å²) in [7, 11) is 2.79. The van der Waals surface area contributed by atoms with Crippen LogP contribution in [-0.2, 0) is 13.2 Å². The highest BCUT2D eigenvalue weighted by Gasteiger charge is 2.21. The van der Waals surface area contributed by atoms with Crippen LogP contribution in [-0.4, -0.2) is 57.2 Å². The molecule has 11 nitrogen and oxygen atoms in total. The molecule has 0 saturated carbocycles. The maximum Gasteiger partial charge on any atom is 0.332 e. The van der Waals surface area contributed by atoms with Crippen LogP contribution in [0, 0.1) is 5.82 Å². The molecular formula is C24H24ClFN4O7. The number of benzene rings is 2. The second kappa shape index (κ2) is 11.5. The van der Waals surface area contributed by atoms with Gasteiger partial charge in [-0.15, -0.1) is 0 Å². The fourth-order valence-electron chi connectivity index (χ4n) is 3.63. The predicted octanol–water partition coefficient (Wildman–Crippen LogP) is 2.75. The van der Waals surface area contributed by atoms with E-state index in [-0.39, 0.29) is 70.5 Å². The third kappa shape index (κ3) is 5.31. The topological polar surface area (TPSA) is 141 Å². The number of nitrogens with one attached hydrogen (secondary N) is 1. The van der Waals surface area contributed by atoms with E-state index in [0.29, 0.717) is 12.2 Å². The van der Waals surface area contributed by atoms with Crippen molar-refractivity contribution >= 4 is 22.8 Å². The largest absolute Gasteiger partial charge is 0.496 e. The van der Waals surface area contributed by atoms with E-state index in [0.717, 1.165) is 0 Å². The molecule has 3 N–H and O–H groups in total. The van der Waals surface area contributed by atoms with Crippen molar-refractivity contribution in [1.29, 1.82) is 0 Å². The highest BCUT2D eigenvalue weighted by molar-refractivity contribution is 6.32. The van der Waals surface area contributed by atoms with Gasteiger partial charge < -0.3 is 29.2 Å². The number of H-pyrrole nitrogens is 1. The zero-order valence-corrected chi connectivity index (χ0v) is 20.7. The van der Waals surface area contributed by atoms with Gasteiger partial charge in [-0.2, -0.15) is 4.98 Å². The molecule has 0 atom stereocenters. The Morgan fingerprint density at radius 2 is 1.86 bits per heavy atom. The Labute approximate surface area is 215 Å². The van der Waals surface area contributed by atoms with Crippen molar-refractivity contribution in [1.82, 2.24) is 19.5 Å². The number of methoxy groups -OCH3 is 2. The van der Waals surface area contributed by atoms with Gasteiger partial charge in [0, 0.05) is 25.2 Å². The second-order valence-electron chi connectivity index (χ2n) is 7.66. The Morgan fingerprint density at radius 3 is 2.57 bits per heavy atom. The van der Waals surface area contributed by atoms with Crippen LogP contribution in [0.25, 0.3) is 16.9 Å². The molecule has 0 spiro atoms. The number of hydrogen-bond donors (Lipinski definition) is 3. The van der Waals surface area contributed by atoms with E-state index in [4.69, 9.17) is 35.7 Å². The number of ether oxygens (including phenoxy) is 4. The van der Waals surface area contributed by atoms with Gasteiger partial charge in [0.05, 0.1) is 37.1 Å². The number of aromatic amines is 1. The summed E-state index contributed by atoms with van der Waals surface area (Å²) < 4.78 is 37.8. The van der Waals surface area contributed by atoms with Crippen molar-refractivity contribution < 1.29 is 33.6 Å². The molecule has 0 unspecified atom stereocenters. The Hall–Kier alpha value is -3.87. The summed E-state index contributed by atoms with van der Waals surface area (Å²) in [5.41, 5.74) is 0.0565. The van der Waals surface area contributed by atoms with Crippen LogP contribution in [0.5, 0.6) is 23.1 Å². The Balaban J connectivity index is 1.83. The van der Waals surface area contributed by atoms with Gasteiger partial charge in [-0.3, -0.25) is 4.98 Å². The lowest BCUT2D eigenvalue weighted by Gasteiger charge is -2.17. The van der Waals surface area contributed by atoms with Crippen LogP contribution in [0.2, 0.25) is 5.02 Å². The number of fused-ring (bicyclic) bond motifs is 1. The van der Waals surface area contributed by atoms with Gasteiger partial charge in [-0.25, -0.2) is 18.7 Å². The molecule has 2 aromatic carbocycles. The van der Waals surface area contributed by atoms with Crippen LogP contribution >= 0.6 is 11.6 Å². The molecule has 0 radical (unpaired) electrons. The molecule has 0 amide bonds. The van der Waals surface area contributed by atoms with E-state index < -0.39 is 18.1 Å². The number of nitrogens with zero attached hydrogens (tertiary/aromatic N) is 3. The van der Waals surface area contributed by atoms with Gasteiger partial charge in [0.2, 0.25) is 5.88 Å². The normalized spacial score (nSPS) is 11.1. The highest BCUT2D eigenvalue weighted by atomic mass is 35.5. The van der Waals surface area contributed by atoms with Crippen LogP contribution in [0.4, 0.5) is 4.39 Å². The molecule has 4 rings (SSSR count). The molecule has 2 heterocycles. The number of rotatable bonds is 11. The van der Waals surface area contributed by atoms with Gasteiger partial charge in [0.15, 0.2) is 23.0 Å². The first-order valence-corrected chi connectivity index (χ1v) is 11.5. The SMILES string of the molecule is COc1cccc(F)c1COc1cc(-n2c(=O)[nH]c3c(OC)nc(CO)nc32)c(Cl)cc1OCCCO. The minimum atomic E-state index is -0.602. The Morgan fingerprint density at radius 1 is 1.08 bits per heavy atom. The summed E-state index contributed by atoms with van der Waals surface area (Å²) >= 11 is 6.55. The summed E-state index contributed by atoms with van der Waals surface area (Å²) in [5.74, 6) is 0.226. The maximum atomic E-state index is 14.5. The zero-order valence-electron chi connectivity index (χ0n) is 20.0. The molecule has 0 aliphatic carbocycles. The quantitative estimate of drug-likeness (QED) is 0.248. The minimum Gasteiger partial charge on any atom is -0.496 e. The maximum absolute atomic E-state index is 14.5. The van der Waals surface area contributed by atoms with Crippen molar-refractivity contribution in [3.05, 3.63) is 63.0 Å². The fourth-order valence-corrected chi connectivity index (χ4v) is 3.87. The van der Waals surface area contributed by atoms with Crippen molar-refractivity contribution in [3.8, 4) is 28.8 Å². The summed E-state index contributed by atoms with van der Waals surface area (Å²) in [5, 5.41) is 18.8. The number of aliphatic hydroxyl groups is 2. The monoisotopic (exact) mass is 534 g/mol. The molecule has 0 fully saturated rings. The van der Waals surface area contributed by atoms with Crippen molar-refractivity contribution in [2.24, 2.45) is 0 Å². The molecule has 0 aliphatic rings. The molecule has 2 aromatic heterocycles. The lowest BCUT2D eigenvalue weighted by Crippen LogP contribution is -2.16. The van der Waals surface area contributed by atoms with Crippen LogP contribution < -0.4 is 24.6 Å². The number of imidazole rings is 1. The van der Waals surface area contributed by atoms with Crippen molar-refractivity contribution in [2.75, 3.05) is 27.4 Å². The van der Waals surface area contributed by atoms with Gasteiger partial charge in [-0.05, 0) is 12.1 Å². The summed E-state index contributed by atoms with van der Waals surface area (Å²) in [6.45, 7) is -0.645. The third-order valence-corrected chi connectivity index (χ3v) is 5.67. The molecule has 37 heavy (non-hydrogen) atoms. The van der Waals surface area contributed by atoms with E-state index in [1.165, 1.54) is 43.1 Å². The van der Waals surface area contributed by atoms with E-state index >= 15 is 0 Å². The number of aromatic nitrogens is 4. The molecule has 4 aromatic rings. The third-order valence-electron chi connectivity index (χ3n) is 5.37. The molecule has 0 saturated heterocycles. The number of halogens is 2. The molecule has 196 valence electrons. The average molecular weight is 535 g/mol. The van der Waals surface area contributed by atoms with Gasteiger partial charge in [0.1, 0.15) is 30.3 Å². The lowest BCUT2D eigenvalue weighted by atomic mass is 10.2. The second-order valence-corrected chi connectivity index (χ2v) is 8.06. The van der Waals surface area contributed by atoms with Crippen LogP contribution in [0.1, 0.15) is 17.8 Å². The van der Waals surface area contributed by atoms with E-state index in [2.05, 4.69) is 15.0 Å². The van der Waals surface area contributed by atoms with E-state index in [1.807, 2.05) is 0 Å². The molecule has 0 bridgehead atoms. The van der Waals surface area contributed by atoms with Gasteiger partial charge >= 0.3 is 5.69 Å². The zero-order chi connectivity index (χ0) is 26.5. The van der Waals surface area contributed by atoms with E-state index in [9.17, 15) is 14.3 Å². The Bertz CT molecular complexity index is 1470. The Kier molecular flexibility index (Phi) is 8.11. The van der Waals surface area contributed by atoms with Crippen LogP contribution in [0.15, 0.2) is 35.1 Å². The van der Waals surface area contributed by atoms with E-state index in [1.54, 1.807) is 6.07 Å². The lowest BCUT2D eigenvalue weighted by molar-refractivity contribution is 0.220. The minimum absolute atomic E-state index is 0.0281. The summed E-state index contributed by atoms with van der Waals surface area (Å²) in [4.78, 5) is 23.9. The van der Waals surface area contributed by atoms with Crippen molar-refractivity contribution in [3.63, 3.8) is 0 Å². The smallest absolute Gasteiger partial charge is 0.332 e. The first-order valence-electron chi connectivity index (χ1n) is 11.1. The van der Waals surface area contributed by atoms with Gasteiger partial charge in [-0.1, -0.05) is 17.7 Å². The first-order chi connectivity index (χ1) is 17.9. The highest BCUT2D eigenvalue weighted by Crippen LogP contribution is 2.37. The number of hydrogen-bond acceptors (Lipinski definition) is 9. The number of aliphatic hydroxyl groups excluding tert-OH is 2. The fraction of sp³-hybridized carbons (Fsp3) is 0.292. The predicted molar refractivity (Wildman–Crippen MR) is 131 cm³/mol. The van der Waals surface area contributed by atoms with Crippen LogP contribution in [0.3, 0.4) is 0 Å². The molecule has 13 heteroatoms.